The highest BCUT2D eigenvalue weighted by atomic mass is 32.1. The molecule has 0 spiro atoms. The van der Waals surface area contributed by atoms with E-state index < -0.39 is 0 Å². The Kier molecular flexibility index (Phi) is 4.59. The van der Waals surface area contributed by atoms with Crippen LogP contribution in [0.3, 0.4) is 0 Å². The van der Waals surface area contributed by atoms with Gasteiger partial charge in [-0.05, 0) is 53.9 Å². The molecular formula is C25H23NO2S. The first-order chi connectivity index (χ1) is 14.2. The molecule has 4 heteroatoms. The molecule has 2 aromatic carbocycles. The van der Waals surface area contributed by atoms with Crippen LogP contribution in [-0.2, 0) is 10.2 Å². The van der Waals surface area contributed by atoms with E-state index in [1.807, 2.05) is 6.07 Å². The van der Waals surface area contributed by atoms with Gasteiger partial charge in [0.1, 0.15) is 4.64 Å². The molecule has 2 aliphatic rings. The van der Waals surface area contributed by atoms with Gasteiger partial charge in [0, 0.05) is 11.6 Å². The van der Waals surface area contributed by atoms with E-state index in [0.717, 1.165) is 12.8 Å². The summed E-state index contributed by atoms with van der Waals surface area (Å²) in [6.45, 7) is 0. The van der Waals surface area contributed by atoms with Crippen molar-refractivity contribution in [2.75, 3.05) is 0 Å². The van der Waals surface area contributed by atoms with E-state index in [-0.39, 0.29) is 11.4 Å². The molecule has 2 aliphatic carbocycles. The van der Waals surface area contributed by atoms with E-state index in [1.54, 1.807) is 18.3 Å². The topological polar surface area (TPSA) is 31.2 Å². The molecule has 5 rings (SSSR count). The van der Waals surface area contributed by atoms with Crippen molar-refractivity contribution in [1.82, 2.24) is 4.73 Å². The van der Waals surface area contributed by atoms with Gasteiger partial charge in [-0.25, -0.2) is 4.79 Å². The minimum atomic E-state index is -0.203. The fourth-order valence-electron chi connectivity index (χ4n) is 4.95. The summed E-state index contributed by atoms with van der Waals surface area (Å²) in [6.07, 6.45) is 4.39. The van der Waals surface area contributed by atoms with Gasteiger partial charge in [0.25, 0.3) is 0 Å². The lowest BCUT2D eigenvalue weighted by molar-refractivity contribution is -0.144. The zero-order valence-electron chi connectivity index (χ0n) is 16.1. The lowest BCUT2D eigenvalue weighted by Crippen LogP contribution is -2.21. The SMILES string of the molecule is O=C(C[C@@H]1C[C@H]1[C@@H]1CC1(c1ccccc1)c1ccccc1)On1ccccc1=S. The molecule has 3 atom stereocenters. The zero-order valence-corrected chi connectivity index (χ0v) is 16.9. The van der Waals surface area contributed by atoms with Gasteiger partial charge in [0.05, 0.1) is 6.42 Å². The monoisotopic (exact) mass is 401 g/mol. The molecule has 1 heterocycles. The molecule has 146 valence electrons. The van der Waals surface area contributed by atoms with Gasteiger partial charge in [-0.15, -0.1) is 0 Å². The van der Waals surface area contributed by atoms with E-state index >= 15 is 0 Å². The summed E-state index contributed by atoms with van der Waals surface area (Å²) >= 11 is 5.20. The van der Waals surface area contributed by atoms with Gasteiger partial charge in [0.15, 0.2) is 0 Å². The Balaban J connectivity index is 1.30. The van der Waals surface area contributed by atoms with Gasteiger partial charge >= 0.3 is 5.97 Å². The molecule has 0 bridgehead atoms. The first-order valence-electron chi connectivity index (χ1n) is 10.2. The quantitative estimate of drug-likeness (QED) is 0.532. The molecule has 29 heavy (non-hydrogen) atoms. The third-order valence-corrected chi connectivity index (χ3v) is 6.82. The number of aromatic nitrogens is 1. The molecule has 0 N–H and O–H groups in total. The summed E-state index contributed by atoms with van der Waals surface area (Å²) in [5, 5.41) is 0. The minimum Gasteiger partial charge on any atom is -0.336 e. The van der Waals surface area contributed by atoms with Crippen molar-refractivity contribution in [3.05, 3.63) is 101 Å². The molecule has 2 fully saturated rings. The van der Waals surface area contributed by atoms with E-state index in [4.69, 9.17) is 17.1 Å². The van der Waals surface area contributed by atoms with Crippen LogP contribution in [0.2, 0.25) is 0 Å². The summed E-state index contributed by atoms with van der Waals surface area (Å²) in [5.74, 6) is 1.36. The average molecular weight is 402 g/mol. The first-order valence-corrected chi connectivity index (χ1v) is 10.6. The highest BCUT2D eigenvalue weighted by Crippen LogP contribution is 2.68. The van der Waals surface area contributed by atoms with E-state index in [9.17, 15) is 4.79 Å². The third kappa shape index (κ3) is 3.42. The maximum Gasteiger partial charge on any atom is 0.333 e. The normalized spacial score (nSPS) is 23.9. The number of benzene rings is 2. The Hall–Kier alpha value is -2.72. The largest absolute Gasteiger partial charge is 0.336 e. The molecular weight excluding hydrogens is 378 g/mol. The second-order valence-electron chi connectivity index (χ2n) is 8.21. The Morgan fingerprint density at radius 3 is 2.21 bits per heavy atom. The van der Waals surface area contributed by atoms with Gasteiger partial charge < -0.3 is 4.84 Å². The fraction of sp³-hybridized carbons (Fsp3) is 0.280. The number of hydrogen-bond donors (Lipinski definition) is 0. The van der Waals surface area contributed by atoms with Crippen LogP contribution in [0.5, 0.6) is 0 Å². The number of carbonyl (C=O) groups is 1. The predicted molar refractivity (Wildman–Crippen MR) is 115 cm³/mol. The molecule has 0 radical (unpaired) electrons. The van der Waals surface area contributed by atoms with Crippen LogP contribution < -0.4 is 4.84 Å². The van der Waals surface area contributed by atoms with Crippen molar-refractivity contribution in [1.29, 1.82) is 0 Å². The molecule has 3 aromatic rings. The van der Waals surface area contributed by atoms with Crippen LogP contribution >= 0.6 is 12.2 Å². The van der Waals surface area contributed by atoms with Crippen LogP contribution in [0, 0.1) is 22.4 Å². The summed E-state index contributed by atoms with van der Waals surface area (Å²) in [6, 6.07) is 27.0. The number of carbonyl (C=O) groups excluding carboxylic acids is 1. The van der Waals surface area contributed by atoms with E-state index in [0.29, 0.717) is 28.8 Å². The summed E-state index contributed by atoms with van der Waals surface area (Å²) in [7, 11) is 0. The zero-order chi connectivity index (χ0) is 19.8. The minimum absolute atomic E-state index is 0.0911. The summed E-state index contributed by atoms with van der Waals surface area (Å²) < 4.78 is 1.88. The van der Waals surface area contributed by atoms with Crippen LogP contribution in [0.4, 0.5) is 0 Å². The maximum atomic E-state index is 12.4. The number of rotatable bonds is 6. The molecule has 0 unspecified atom stereocenters. The Morgan fingerprint density at radius 2 is 1.59 bits per heavy atom. The highest BCUT2D eigenvalue weighted by Gasteiger charge is 2.64. The maximum absolute atomic E-state index is 12.4. The number of pyridine rings is 1. The van der Waals surface area contributed by atoms with Crippen molar-refractivity contribution in [3.8, 4) is 0 Å². The average Bonchev–Trinajstić information content (AvgIpc) is 3.66. The number of hydrogen-bond acceptors (Lipinski definition) is 3. The molecule has 0 saturated heterocycles. The van der Waals surface area contributed by atoms with Crippen molar-refractivity contribution >= 4 is 18.2 Å². The first kappa shape index (κ1) is 18.3. The second kappa shape index (κ2) is 7.27. The lowest BCUT2D eigenvalue weighted by Gasteiger charge is -2.19. The van der Waals surface area contributed by atoms with Crippen LogP contribution in [0.25, 0.3) is 0 Å². The van der Waals surface area contributed by atoms with Crippen molar-refractivity contribution in [2.45, 2.75) is 24.7 Å². The van der Waals surface area contributed by atoms with E-state index in [2.05, 4.69) is 60.7 Å². The highest BCUT2D eigenvalue weighted by molar-refractivity contribution is 7.71. The molecule has 1 aromatic heterocycles. The van der Waals surface area contributed by atoms with Crippen LogP contribution in [0.15, 0.2) is 85.1 Å². The third-order valence-electron chi connectivity index (χ3n) is 6.50. The Labute approximate surface area is 175 Å². The Morgan fingerprint density at radius 1 is 0.966 bits per heavy atom. The molecule has 0 amide bonds. The summed E-state index contributed by atoms with van der Waals surface area (Å²) in [4.78, 5) is 17.9. The predicted octanol–water partition coefficient (Wildman–Crippen LogP) is 5.21. The number of nitrogens with zero attached hydrogens (tertiary/aromatic N) is 1. The van der Waals surface area contributed by atoms with Crippen LogP contribution in [-0.4, -0.2) is 10.7 Å². The second-order valence-corrected chi connectivity index (χ2v) is 8.62. The molecule has 3 nitrogen and oxygen atoms in total. The van der Waals surface area contributed by atoms with Gasteiger partial charge in [-0.3, -0.25) is 0 Å². The standard InChI is InChI=1S/C25H23NO2S/c27-24(28-26-14-8-7-13-23(26)29)16-18-15-21(18)22-17-25(22,19-9-3-1-4-10-19)20-11-5-2-6-12-20/h1-14,18,21-22H,15-17H2/t18-,21+,22-/m0/s1. The van der Waals surface area contributed by atoms with Crippen LogP contribution in [0.1, 0.15) is 30.4 Å². The van der Waals surface area contributed by atoms with Gasteiger partial charge in [-0.1, -0.05) is 78.9 Å². The fourth-order valence-corrected chi connectivity index (χ4v) is 5.13. The summed E-state index contributed by atoms with van der Waals surface area (Å²) in [5.41, 5.74) is 2.87. The van der Waals surface area contributed by atoms with Crippen molar-refractivity contribution < 1.29 is 9.63 Å². The van der Waals surface area contributed by atoms with Crippen molar-refractivity contribution in [2.24, 2.45) is 17.8 Å². The van der Waals surface area contributed by atoms with Gasteiger partial charge in [-0.2, -0.15) is 4.73 Å². The Bertz CT molecular complexity index is 1040. The molecule has 0 aliphatic heterocycles. The van der Waals surface area contributed by atoms with Gasteiger partial charge in [0.2, 0.25) is 0 Å². The molecule has 2 saturated carbocycles. The smallest absolute Gasteiger partial charge is 0.333 e. The lowest BCUT2D eigenvalue weighted by atomic mass is 9.84. The van der Waals surface area contributed by atoms with E-state index in [1.165, 1.54) is 15.9 Å². The van der Waals surface area contributed by atoms with Crippen molar-refractivity contribution in [3.63, 3.8) is 0 Å².